The van der Waals surface area contributed by atoms with Crippen molar-refractivity contribution in [3.05, 3.63) is 92.9 Å². The van der Waals surface area contributed by atoms with Gasteiger partial charge < -0.3 is 4.74 Å². The normalized spacial score (nSPS) is 11.6. The molecule has 0 radical (unpaired) electrons. The molecular weight excluding hydrogens is 455 g/mol. The lowest BCUT2D eigenvalue weighted by molar-refractivity contribution is 0.306. The summed E-state index contributed by atoms with van der Waals surface area (Å²) in [4.78, 5) is 2.25. The molecule has 1 N–H and O–H groups in total. The molecule has 0 saturated carbocycles. The van der Waals surface area contributed by atoms with Crippen LogP contribution in [0.15, 0.2) is 76.7 Å². The number of nitrogens with zero attached hydrogens (tertiary/aromatic N) is 1. The summed E-state index contributed by atoms with van der Waals surface area (Å²) in [6.07, 6.45) is 1.30. The molecule has 9 heteroatoms. The second-order valence-corrected chi connectivity index (χ2v) is 8.74. The number of hydrogen-bond acceptors (Lipinski definition) is 4. The van der Waals surface area contributed by atoms with Crippen molar-refractivity contribution in [2.75, 3.05) is 0 Å². The van der Waals surface area contributed by atoms with E-state index in [2.05, 4.69) is 9.93 Å². The van der Waals surface area contributed by atoms with Gasteiger partial charge in [-0.25, -0.2) is 4.83 Å². The second-order valence-electron chi connectivity index (χ2n) is 5.86. The fraction of sp³-hybridized carbons (Fsp3) is 0.0500. The zero-order chi connectivity index (χ0) is 20.9. The van der Waals surface area contributed by atoms with Crippen LogP contribution in [0.1, 0.15) is 11.1 Å². The van der Waals surface area contributed by atoms with E-state index in [1.807, 2.05) is 18.2 Å². The molecule has 0 aromatic heterocycles. The average molecular weight is 470 g/mol. The highest BCUT2D eigenvalue weighted by Gasteiger charge is 2.12. The minimum absolute atomic E-state index is 0.108. The molecule has 29 heavy (non-hydrogen) atoms. The monoisotopic (exact) mass is 468 g/mol. The summed E-state index contributed by atoms with van der Waals surface area (Å²) < 4.78 is 30.0. The molecule has 3 aromatic carbocycles. The molecule has 0 heterocycles. The average Bonchev–Trinajstić information content (AvgIpc) is 2.69. The van der Waals surface area contributed by atoms with Crippen molar-refractivity contribution in [3.8, 4) is 5.75 Å². The van der Waals surface area contributed by atoms with E-state index in [1.54, 1.807) is 36.4 Å². The lowest BCUT2D eigenvalue weighted by Crippen LogP contribution is -2.18. The molecule has 0 atom stereocenters. The van der Waals surface area contributed by atoms with Crippen LogP contribution >= 0.6 is 34.8 Å². The number of benzene rings is 3. The highest BCUT2D eigenvalue weighted by atomic mass is 35.5. The van der Waals surface area contributed by atoms with Gasteiger partial charge in [-0.3, -0.25) is 0 Å². The molecular formula is C20H15Cl3N2O3S. The predicted molar refractivity (Wildman–Crippen MR) is 117 cm³/mol. The second kappa shape index (κ2) is 9.50. The Morgan fingerprint density at radius 2 is 1.52 bits per heavy atom. The highest BCUT2D eigenvalue weighted by Crippen LogP contribution is 2.34. The Hall–Kier alpha value is -2.25. The van der Waals surface area contributed by atoms with Crippen LogP contribution in [0.25, 0.3) is 0 Å². The van der Waals surface area contributed by atoms with Gasteiger partial charge in [0.1, 0.15) is 6.61 Å². The summed E-state index contributed by atoms with van der Waals surface area (Å²) in [5, 5.41) is 4.87. The van der Waals surface area contributed by atoms with Crippen LogP contribution in [-0.2, 0) is 16.6 Å². The van der Waals surface area contributed by atoms with Gasteiger partial charge in [0.25, 0.3) is 10.0 Å². The predicted octanol–water partition coefficient (Wildman–Crippen LogP) is 5.54. The zero-order valence-corrected chi connectivity index (χ0v) is 17.9. The van der Waals surface area contributed by atoms with Gasteiger partial charge in [-0.2, -0.15) is 13.5 Å². The molecule has 0 amide bonds. The smallest absolute Gasteiger partial charge is 0.276 e. The lowest BCUT2D eigenvalue weighted by Gasteiger charge is -2.11. The Bertz CT molecular complexity index is 1110. The van der Waals surface area contributed by atoms with Gasteiger partial charge in [-0.15, -0.1) is 0 Å². The van der Waals surface area contributed by atoms with Crippen molar-refractivity contribution in [1.29, 1.82) is 0 Å². The molecule has 0 aliphatic heterocycles. The molecule has 5 nitrogen and oxygen atoms in total. The number of halogens is 3. The minimum atomic E-state index is -3.75. The number of ether oxygens (including phenoxy) is 1. The maximum Gasteiger partial charge on any atom is 0.276 e. The van der Waals surface area contributed by atoms with E-state index >= 15 is 0 Å². The quantitative estimate of drug-likeness (QED) is 0.365. The van der Waals surface area contributed by atoms with Crippen LogP contribution in [0, 0.1) is 0 Å². The van der Waals surface area contributed by atoms with Crippen LogP contribution < -0.4 is 9.57 Å². The van der Waals surface area contributed by atoms with E-state index < -0.39 is 10.0 Å². The highest BCUT2D eigenvalue weighted by molar-refractivity contribution is 7.89. The SMILES string of the molecule is O=S(=O)(N/N=C\c1cc(Cl)c(OCc2ccccc2Cl)c(Cl)c1)c1ccccc1. The van der Waals surface area contributed by atoms with E-state index in [0.29, 0.717) is 16.3 Å². The third-order valence-corrected chi connectivity index (χ3v) is 5.96. The summed E-state index contributed by atoms with van der Waals surface area (Å²) >= 11 is 18.6. The summed E-state index contributed by atoms with van der Waals surface area (Å²) in [6.45, 7) is 0.198. The van der Waals surface area contributed by atoms with Crippen molar-refractivity contribution < 1.29 is 13.2 Å². The summed E-state index contributed by atoms with van der Waals surface area (Å²) in [7, 11) is -3.75. The van der Waals surface area contributed by atoms with Gasteiger partial charge in [0.2, 0.25) is 0 Å². The van der Waals surface area contributed by atoms with Gasteiger partial charge in [0, 0.05) is 10.6 Å². The van der Waals surface area contributed by atoms with Gasteiger partial charge in [0.05, 0.1) is 21.2 Å². The van der Waals surface area contributed by atoms with Crippen LogP contribution in [0.3, 0.4) is 0 Å². The van der Waals surface area contributed by atoms with Gasteiger partial charge >= 0.3 is 0 Å². The van der Waals surface area contributed by atoms with E-state index in [1.165, 1.54) is 18.3 Å². The lowest BCUT2D eigenvalue weighted by atomic mass is 10.2. The van der Waals surface area contributed by atoms with Crippen molar-refractivity contribution in [3.63, 3.8) is 0 Å². The van der Waals surface area contributed by atoms with Crippen molar-refractivity contribution in [2.24, 2.45) is 5.10 Å². The van der Waals surface area contributed by atoms with Crippen LogP contribution in [-0.4, -0.2) is 14.6 Å². The van der Waals surface area contributed by atoms with Gasteiger partial charge in [-0.1, -0.05) is 71.2 Å². The van der Waals surface area contributed by atoms with Crippen molar-refractivity contribution in [1.82, 2.24) is 4.83 Å². The van der Waals surface area contributed by atoms with Crippen LogP contribution in [0.5, 0.6) is 5.75 Å². The zero-order valence-electron chi connectivity index (χ0n) is 14.8. The third-order valence-electron chi connectivity index (χ3n) is 3.79. The van der Waals surface area contributed by atoms with E-state index in [9.17, 15) is 8.42 Å². The molecule has 3 rings (SSSR count). The summed E-state index contributed by atoms with van der Waals surface area (Å²) in [5.74, 6) is 0.301. The first kappa shape index (κ1) is 21.5. The molecule has 0 unspecified atom stereocenters. The number of rotatable bonds is 7. The van der Waals surface area contributed by atoms with Crippen LogP contribution in [0.2, 0.25) is 15.1 Å². The maximum atomic E-state index is 12.2. The third kappa shape index (κ3) is 5.64. The molecule has 150 valence electrons. The first-order valence-corrected chi connectivity index (χ1v) is 10.9. The minimum Gasteiger partial charge on any atom is -0.486 e. The number of hydrogen-bond donors (Lipinski definition) is 1. The Balaban J connectivity index is 1.70. The summed E-state index contributed by atoms with van der Waals surface area (Å²) in [5.41, 5.74) is 1.29. The number of hydrazone groups is 1. The Morgan fingerprint density at radius 3 is 2.17 bits per heavy atom. The van der Waals surface area contributed by atoms with E-state index in [0.717, 1.165) is 5.56 Å². The Kier molecular flexibility index (Phi) is 7.03. The molecule has 0 fully saturated rings. The van der Waals surface area contributed by atoms with E-state index in [4.69, 9.17) is 39.5 Å². The Labute approximate surface area is 183 Å². The molecule has 0 aliphatic rings. The first-order chi connectivity index (χ1) is 13.9. The van der Waals surface area contributed by atoms with Crippen LogP contribution in [0.4, 0.5) is 0 Å². The van der Waals surface area contributed by atoms with Gasteiger partial charge in [-0.05, 0) is 35.9 Å². The molecule has 0 bridgehead atoms. The van der Waals surface area contributed by atoms with Gasteiger partial charge in [0.15, 0.2) is 5.75 Å². The molecule has 0 spiro atoms. The van der Waals surface area contributed by atoms with Crippen molar-refractivity contribution >= 4 is 51.0 Å². The topological polar surface area (TPSA) is 67.8 Å². The maximum absolute atomic E-state index is 12.2. The molecule has 3 aromatic rings. The van der Waals surface area contributed by atoms with E-state index in [-0.39, 0.29) is 21.5 Å². The largest absolute Gasteiger partial charge is 0.486 e. The fourth-order valence-electron chi connectivity index (χ4n) is 2.38. The van der Waals surface area contributed by atoms with Crippen molar-refractivity contribution in [2.45, 2.75) is 11.5 Å². The first-order valence-electron chi connectivity index (χ1n) is 8.32. The summed E-state index contributed by atoms with van der Waals surface area (Å²) in [6, 6.07) is 18.3. The Morgan fingerprint density at radius 1 is 0.897 bits per heavy atom. The fourth-order valence-corrected chi connectivity index (χ4v) is 4.00. The standard InChI is InChI=1S/C20H15Cl3N2O3S/c21-17-9-5-4-6-15(17)13-28-20-18(22)10-14(11-19(20)23)12-24-25-29(26,27)16-7-2-1-3-8-16/h1-12,25H,13H2/b24-12-. The number of nitrogens with one attached hydrogen (secondary N) is 1. The molecule has 0 aliphatic carbocycles. The number of sulfonamides is 1. The molecule has 0 saturated heterocycles.